The Morgan fingerprint density at radius 3 is 2.48 bits per heavy atom. The number of carbonyl (C=O) groups excluding carboxylic acids is 1. The molecule has 1 aliphatic rings. The first-order valence-corrected chi connectivity index (χ1v) is 10.6. The highest BCUT2D eigenvalue weighted by Gasteiger charge is 2.25. The van der Waals surface area contributed by atoms with Gasteiger partial charge in [0, 0.05) is 50.7 Å². The smallest absolute Gasteiger partial charge is 0.291 e. The lowest BCUT2D eigenvalue weighted by molar-refractivity contribution is 0.0607. The molecule has 0 bridgehead atoms. The van der Waals surface area contributed by atoms with Crippen molar-refractivity contribution in [3.63, 3.8) is 0 Å². The zero-order valence-electron chi connectivity index (χ0n) is 18.3. The van der Waals surface area contributed by atoms with Crippen molar-refractivity contribution in [2.45, 2.75) is 59.4 Å². The lowest BCUT2D eigenvalue weighted by atomic mass is 9.94. The van der Waals surface area contributed by atoms with E-state index in [1.165, 1.54) is 0 Å². The summed E-state index contributed by atoms with van der Waals surface area (Å²) in [5.41, 5.74) is 1.39. The van der Waals surface area contributed by atoms with Crippen molar-refractivity contribution in [2.75, 3.05) is 26.3 Å². The molecule has 0 atom stereocenters. The molecule has 158 valence electrons. The molecule has 7 nitrogen and oxygen atoms in total. The van der Waals surface area contributed by atoms with Crippen LogP contribution in [0.5, 0.6) is 0 Å². The van der Waals surface area contributed by atoms with Crippen LogP contribution in [0.25, 0.3) is 11.4 Å². The van der Waals surface area contributed by atoms with Crippen molar-refractivity contribution >= 4 is 5.91 Å². The Balaban J connectivity index is 1.92. The summed E-state index contributed by atoms with van der Waals surface area (Å²) in [7, 11) is 0. The van der Waals surface area contributed by atoms with Crippen molar-refractivity contribution in [2.24, 2.45) is 5.92 Å². The Kier molecular flexibility index (Phi) is 6.67. The second-order valence-corrected chi connectivity index (χ2v) is 8.65. The molecule has 29 heavy (non-hydrogen) atoms. The highest BCUT2D eigenvalue weighted by Crippen LogP contribution is 2.28. The van der Waals surface area contributed by atoms with E-state index in [9.17, 15) is 4.79 Å². The molecule has 0 saturated carbocycles. The SMILES string of the molecule is CCN(CC)C(=O)c1nccc(-c2cn(CC3CCOCC3)c(C(C)(C)C)n2)n1. The molecule has 3 rings (SSSR count). The summed E-state index contributed by atoms with van der Waals surface area (Å²) < 4.78 is 7.77. The average Bonchev–Trinajstić information content (AvgIpc) is 3.14. The fourth-order valence-corrected chi connectivity index (χ4v) is 3.74. The van der Waals surface area contributed by atoms with Crippen molar-refractivity contribution < 1.29 is 9.53 Å². The fraction of sp³-hybridized carbons (Fsp3) is 0.636. The quantitative estimate of drug-likeness (QED) is 0.743. The minimum absolute atomic E-state index is 0.0870. The molecule has 0 aromatic carbocycles. The fourth-order valence-electron chi connectivity index (χ4n) is 3.74. The molecule has 0 aliphatic carbocycles. The van der Waals surface area contributed by atoms with E-state index in [4.69, 9.17) is 9.72 Å². The Hall–Kier alpha value is -2.28. The molecule has 0 radical (unpaired) electrons. The molecule has 3 heterocycles. The Morgan fingerprint density at radius 1 is 1.17 bits per heavy atom. The van der Waals surface area contributed by atoms with Crippen LogP contribution >= 0.6 is 0 Å². The van der Waals surface area contributed by atoms with Gasteiger partial charge in [-0.05, 0) is 38.7 Å². The van der Waals surface area contributed by atoms with E-state index in [1.807, 2.05) is 19.9 Å². The number of imidazole rings is 1. The number of hydrogen-bond donors (Lipinski definition) is 0. The van der Waals surface area contributed by atoms with Crippen LogP contribution in [-0.4, -0.2) is 56.6 Å². The molecule has 2 aromatic heterocycles. The number of aromatic nitrogens is 4. The molecule has 0 spiro atoms. The molecule has 1 aliphatic heterocycles. The van der Waals surface area contributed by atoms with Crippen LogP contribution in [0.3, 0.4) is 0 Å². The van der Waals surface area contributed by atoms with Crippen LogP contribution in [0, 0.1) is 5.92 Å². The molecular formula is C22H33N5O2. The molecule has 1 saturated heterocycles. The third-order valence-corrected chi connectivity index (χ3v) is 5.40. The Bertz CT molecular complexity index is 830. The third kappa shape index (κ3) is 5.01. The maximum atomic E-state index is 12.6. The first-order valence-electron chi connectivity index (χ1n) is 10.6. The third-order valence-electron chi connectivity index (χ3n) is 5.40. The van der Waals surface area contributed by atoms with Gasteiger partial charge in [-0.25, -0.2) is 15.0 Å². The van der Waals surface area contributed by atoms with Crippen molar-refractivity contribution in [1.29, 1.82) is 0 Å². The number of carbonyl (C=O) groups is 1. The summed E-state index contributed by atoms with van der Waals surface area (Å²) in [6.07, 6.45) is 5.87. The van der Waals surface area contributed by atoms with Crippen molar-refractivity contribution in [3.8, 4) is 11.4 Å². The second-order valence-electron chi connectivity index (χ2n) is 8.65. The number of hydrogen-bond acceptors (Lipinski definition) is 5. The van der Waals surface area contributed by atoms with Gasteiger partial charge in [-0.15, -0.1) is 0 Å². The lowest BCUT2D eigenvalue weighted by Gasteiger charge is -2.25. The first kappa shape index (κ1) is 21.4. The lowest BCUT2D eigenvalue weighted by Crippen LogP contribution is -2.31. The highest BCUT2D eigenvalue weighted by molar-refractivity contribution is 5.90. The van der Waals surface area contributed by atoms with Gasteiger partial charge >= 0.3 is 0 Å². The summed E-state index contributed by atoms with van der Waals surface area (Å²) in [6, 6.07) is 1.83. The molecule has 0 unspecified atom stereocenters. The van der Waals surface area contributed by atoms with Crippen LogP contribution in [0.1, 0.15) is 63.9 Å². The monoisotopic (exact) mass is 399 g/mol. The summed E-state index contributed by atoms with van der Waals surface area (Å²) >= 11 is 0. The molecular weight excluding hydrogens is 366 g/mol. The number of nitrogens with zero attached hydrogens (tertiary/aromatic N) is 5. The Labute approximate surface area is 173 Å². The van der Waals surface area contributed by atoms with E-state index in [-0.39, 0.29) is 17.1 Å². The zero-order chi connectivity index (χ0) is 21.0. The van der Waals surface area contributed by atoms with Crippen LogP contribution in [-0.2, 0) is 16.7 Å². The first-order chi connectivity index (χ1) is 13.8. The minimum Gasteiger partial charge on any atom is -0.381 e. The summed E-state index contributed by atoms with van der Waals surface area (Å²) in [4.78, 5) is 28.0. The van der Waals surface area contributed by atoms with Gasteiger partial charge < -0.3 is 14.2 Å². The number of amides is 1. The van der Waals surface area contributed by atoms with E-state index >= 15 is 0 Å². The summed E-state index contributed by atoms with van der Waals surface area (Å²) in [6.45, 7) is 14.3. The van der Waals surface area contributed by atoms with E-state index < -0.39 is 0 Å². The number of ether oxygens (including phenoxy) is 1. The van der Waals surface area contributed by atoms with Gasteiger partial charge in [-0.3, -0.25) is 4.79 Å². The Morgan fingerprint density at radius 2 is 1.86 bits per heavy atom. The summed E-state index contributed by atoms with van der Waals surface area (Å²) in [5.74, 6) is 1.71. The van der Waals surface area contributed by atoms with Crippen molar-refractivity contribution in [3.05, 3.63) is 30.1 Å². The van der Waals surface area contributed by atoms with Crippen LogP contribution in [0.4, 0.5) is 0 Å². The van der Waals surface area contributed by atoms with E-state index in [0.29, 0.717) is 24.7 Å². The van der Waals surface area contributed by atoms with E-state index in [0.717, 1.165) is 44.1 Å². The van der Waals surface area contributed by atoms with Gasteiger partial charge in [-0.1, -0.05) is 20.8 Å². The van der Waals surface area contributed by atoms with E-state index in [2.05, 4.69) is 41.5 Å². The minimum atomic E-state index is -0.144. The molecule has 1 amide bonds. The maximum Gasteiger partial charge on any atom is 0.291 e. The normalized spacial score (nSPS) is 15.5. The van der Waals surface area contributed by atoms with Gasteiger partial charge in [0.05, 0.1) is 5.69 Å². The van der Waals surface area contributed by atoms with Gasteiger partial charge in [0.2, 0.25) is 5.82 Å². The van der Waals surface area contributed by atoms with Gasteiger partial charge in [0.1, 0.15) is 11.5 Å². The molecule has 0 N–H and O–H groups in total. The predicted molar refractivity (Wildman–Crippen MR) is 113 cm³/mol. The second kappa shape index (κ2) is 9.03. The molecule has 7 heteroatoms. The standard InChI is InChI=1S/C22H33N5O2/c1-6-26(7-2)20(28)19-23-11-8-17(24-19)18-15-27(21(25-18)22(3,4)5)14-16-9-12-29-13-10-16/h8,11,15-16H,6-7,9-10,12-14H2,1-5H3. The number of rotatable bonds is 6. The topological polar surface area (TPSA) is 73.1 Å². The summed E-state index contributed by atoms with van der Waals surface area (Å²) in [5, 5.41) is 0. The largest absolute Gasteiger partial charge is 0.381 e. The molecule has 1 fully saturated rings. The van der Waals surface area contributed by atoms with Gasteiger partial charge in [0.25, 0.3) is 5.91 Å². The van der Waals surface area contributed by atoms with Gasteiger partial charge in [0.15, 0.2) is 0 Å². The zero-order valence-corrected chi connectivity index (χ0v) is 18.3. The van der Waals surface area contributed by atoms with Crippen LogP contribution in [0.15, 0.2) is 18.5 Å². The highest BCUT2D eigenvalue weighted by atomic mass is 16.5. The average molecular weight is 400 g/mol. The van der Waals surface area contributed by atoms with Crippen molar-refractivity contribution in [1.82, 2.24) is 24.4 Å². The predicted octanol–water partition coefficient (Wildman–Crippen LogP) is 3.55. The van der Waals surface area contributed by atoms with E-state index in [1.54, 1.807) is 11.1 Å². The van der Waals surface area contributed by atoms with Gasteiger partial charge in [-0.2, -0.15) is 0 Å². The molecule has 2 aromatic rings. The maximum absolute atomic E-state index is 12.6. The van der Waals surface area contributed by atoms with Crippen LogP contribution in [0.2, 0.25) is 0 Å². The van der Waals surface area contributed by atoms with Crippen LogP contribution < -0.4 is 0 Å².